The summed E-state index contributed by atoms with van der Waals surface area (Å²) in [7, 11) is 0. The molecule has 0 N–H and O–H groups in total. The van der Waals surface area contributed by atoms with Crippen LogP contribution in [0.5, 0.6) is 0 Å². The second-order valence-corrected chi connectivity index (χ2v) is 4.49. The van der Waals surface area contributed by atoms with Crippen molar-refractivity contribution in [1.29, 1.82) is 0 Å². The Hall–Kier alpha value is -1.95. The molecule has 0 spiro atoms. The number of thioether (sulfide) groups is 1. The molecular formula is C12H9FN2O2S. The SMILES string of the molecule is O=[N+]([O-])c1ccc(SCc2ccccc2F)nc1. The van der Waals surface area contributed by atoms with E-state index < -0.39 is 4.92 Å². The van der Waals surface area contributed by atoms with Gasteiger partial charge in [0.25, 0.3) is 5.69 Å². The molecular weight excluding hydrogens is 255 g/mol. The number of hydrogen-bond donors (Lipinski definition) is 0. The monoisotopic (exact) mass is 264 g/mol. The number of halogens is 1. The van der Waals surface area contributed by atoms with E-state index in [-0.39, 0.29) is 11.5 Å². The second-order valence-electron chi connectivity index (χ2n) is 3.49. The third-order valence-corrected chi connectivity index (χ3v) is 3.26. The van der Waals surface area contributed by atoms with Crippen LogP contribution in [0.25, 0.3) is 0 Å². The highest BCUT2D eigenvalue weighted by molar-refractivity contribution is 7.98. The summed E-state index contributed by atoms with van der Waals surface area (Å²) in [4.78, 5) is 13.9. The Morgan fingerprint density at radius 1 is 1.28 bits per heavy atom. The van der Waals surface area contributed by atoms with Crippen LogP contribution in [0, 0.1) is 15.9 Å². The molecule has 0 saturated heterocycles. The van der Waals surface area contributed by atoms with E-state index in [1.54, 1.807) is 24.3 Å². The van der Waals surface area contributed by atoms with Crippen molar-refractivity contribution in [3.8, 4) is 0 Å². The topological polar surface area (TPSA) is 56.0 Å². The Kier molecular flexibility index (Phi) is 3.88. The first-order chi connectivity index (χ1) is 8.66. The molecule has 4 nitrogen and oxygen atoms in total. The first kappa shape index (κ1) is 12.5. The number of nitro groups is 1. The van der Waals surface area contributed by atoms with Crippen LogP contribution in [0.4, 0.5) is 10.1 Å². The lowest BCUT2D eigenvalue weighted by Gasteiger charge is -2.02. The standard InChI is InChI=1S/C12H9FN2O2S/c13-11-4-2-1-3-9(11)8-18-12-6-5-10(7-14-12)15(16)17/h1-7H,8H2. The van der Waals surface area contributed by atoms with Gasteiger partial charge in [-0.1, -0.05) is 18.2 Å². The van der Waals surface area contributed by atoms with Crippen molar-refractivity contribution in [1.82, 2.24) is 4.98 Å². The fraction of sp³-hybridized carbons (Fsp3) is 0.0833. The van der Waals surface area contributed by atoms with Crippen molar-refractivity contribution in [2.45, 2.75) is 10.8 Å². The van der Waals surface area contributed by atoms with Gasteiger partial charge in [-0.2, -0.15) is 0 Å². The van der Waals surface area contributed by atoms with Crippen molar-refractivity contribution in [3.05, 3.63) is 64.1 Å². The van der Waals surface area contributed by atoms with Gasteiger partial charge in [0.1, 0.15) is 12.0 Å². The number of rotatable bonds is 4. The van der Waals surface area contributed by atoms with Crippen LogP contribution in [-0.2, 0) is 5.75 Å². The molecule has 6 heteroatoms. The van der Waals surface area contributed by atoms with Crippen LogP contribution < -0.4 is 0 Å². The average Bonchev–Trinajstić information content (AvgIpc) is 2.38. The van der Waals surface area contributed by atoms with Crippen LogP contribution in [0.15, 0.2) is 47.6 Å². The molecule has 0 fully saturated rings. The Morgan fingerprint density at radius 3 is 2.67 bits per heavy atom. The quantitative estimate of drug-likeness (QED) is 0.482. The third-order valence-electron chi connectivity index (χ3n) is 2.26. The molecule has 1 aromatic heterocycles. The summed E-state index contributed by atoms with van der Waals surface area (Å²) in [5.74, 6) is 0.184. The zero-order chi connectivity index (χ0) is 13.0. The minimum absolute atomic E-state index is 0.0507. The minimum atomic E-state index is -0.502. The van der Waals surface area contributed by atoms with Crippen LogP contribution in [0.1, 0.15) is 5.56 Å². The van der Waals surface area contributed by atoms with Crippen LogP contribution in [-0.4, -0.2) is 9.91 Å². The molecule has 2 aromatic rings. The molecule has 0 aliphatic heterocycles. The van der Waals surface area contributed by atoms with E-state index in [9.17, 15) is 14.5 Å². The molecule has 0 saturated carbocycles. The van der Waals surface area contributed by atoms with Crippen LogP contribution in [0.3, 0.4) is 0 Å². The van der Waals surface area contributed by atoms with Gasteiger partial charge in [0.05, 0.1) is 9.95 Å². The number of aromatic nitrogens is 1. The van der Waals surface area contributed by atoms with E-state index in [2.05, 4.69) is 4.98 Å². The summed E-state index contributed by atoms with van der Waals surface area (Å²) < 4.78 is 13.3. The van der Waals surface area contributed by atoms with E-state index >= 15 is 0 Å². The average molecular weight is 264 g/mol. The van der Waals surface area contributed by atoms with Gasteiger partial charge in [0.2, 0.25) is 0 Å². The van der Waals surface area contributed by atoms with Crippen LogP contribution in [0.2, 0.25) is 0 Å². The third kappa shape index (κ3) is 3.04. The Morgan fingerprint density at radius 2 is 2.06 bits per heavy atom. The minimum Gasteiger partial charge on any atom is -0.258 e. The van der Waals surface area contributed by atoms with E-state index in [4.69, 9.17) is 0 Å². The molecule has 0 amide bonds. The van der Waals surface area contributed by atoms with Gasteiger partial charge < -0.3 is 0 Å². The predicted molar refractivity (Wildman–Crippen MR) is 66.9 cm³/mol. The maximum Gasteiger partial charge on any atom is 0.287 e. The van der Waals surface area contributed by atoms with Crippen molar-refractivity contribution in [3.63, 3.8) is 0 Å². The Labute approximate surface area is 107 Å². The summed E-state index contributed by atoms with van der Waals surface area (Å²) in [6.07, 6.45) is 1.20. The summed E-state index contributed by atoms with van der Waals surface area (Å²) >= 11 is 1.33. The smallest absolute Gasteiger partial charge is 0.258 e. The van der Waals surface area contributed by atoms with Gasteiger partial charge in [-0.15, -0.1) is 11.8 Å². The van der Waals surface area contributed by atoms with Gasteiger partial charge in [-0.3, -0.25) is 10.1 Å². The molecule has 0 aliphatic rings. The summed E-state index contributed by atoms with van der Waals surface area (Å²) in [5.41, 5.74) is 0.535. The van der Waals surface area contributed by atoms with E-state index in [0.717, 1.165) is 0 Å². The summed E-state index contributed by atoms with van der Waals surface area (Å²) in [5, 5.41) is 11.1. The van der Waals surface area contributed by atoms with Crippen LogP contribution >= 0.6 is 11.8 Å². The maximum atomic E-state index is 13.3. The van der Waals surface area contributed by atoms with Crippen molar-refractivity contribution in [2.75, 3.05) is 0 Å². The molecule has 0 aliphatic carbocycles. The highest BCUT2D eigenvalue weighted by Crippen LogP contribution is 2.23. The number of pyridine rings is 1. The largest absolute Gasteiger partial charge is 0.287 e. The van der Waals surface area contributed by atoms with Gasteiger partial charge in [0, 0.05) is 11.8 Å². The molecule has 1 heterocycles. The zero-order valence-corrected chi connectivity index (χ0v) is 10.1. The summed E-state index contributed by atoms with van der Waals surface area (Å²) in [6.45, 7) is 0. The molecule has 0 unspecified atom stereocenters. The molecule has 0 radical (unpaired) electrons. The summed E-state index contributed by atoms with van der Waals surface area (Å²) in [6, 6.07) is 9.45. The number of hydrogen-bond acceptors (Lipinski definition) is 4. The highest BCUT2D eigenvalue weighted by atomic mass is 32.2. The van der Waals surface area contributed by atoms with Crippen molar-refractivity contribution >= 4 is 17.4 Å². The fourth-order valence-corrected chi connectivity index (χ4v) is 2.16. The zero-order valence-electron chi connectivity index (χ0n) is 9.25. The number of nitrogens with zero attached hydrogens (tertiary/aromatic N) is 2. The van der Waals surface area contributed by atoms with Gasteiger partial charge >= 0.3 is 0 Å². The van der Waals surface area contributed by atoms with E-state index in [0.29, 0.717) is 16.3 Å². The lowest BCUT2D eigenvalue weighted by Crippen LogP contribution is -1.90. The first-order valence-electron chi connectivity index (χ1n) is 5.13. The first-order valence-corrected chi connectivity index (χ1v) is 6.12. The molecule has 2 rings (SSSR count). The molecule has 0 atom stereocenters. The Balaban J connectivity index is 2.02. The fourth-order valence-electron chi connectivity index (χ4n) is 1.33. The lowest BCUT2D eigenvalue weighted by atomic mass is 10.2. The Bertz CT molecular complexity index is 560. The van der Waals surface area contributed by atoms with Gasteiger partial charge in [-0.25, -0.2) is 9.37 Å². The van der Waals surface area contributed by atoms with Gasteiger partial charge in [0.15, 0.2) is 0 Å². The van der Waals surface area contributed by atoms with E-state index in [1.165, 1.54) is 30.1 Å². The van der Waals surface area contributed by atoms with Crippen molar-refractivity contribution in [2.24, 2.45) is 0 Å². The van der Waals surface area contributed by atoms with E-state index in [1.807, 2.05) is 0 Å². The lowest BCUT2D eigenvalue weighted by molar-refractivity contribution is -0.385. The molecule has 0 bridgehead atoms. The van der Waals surface area contributed by atoms with Gasteiger partial charge in [-0.05, 0) is 17.7 Å². The molecule has 92 valence electrons. The molecule has 1 aromatic carbocycles. The predicted octanol–water partition coefficient (Wildman–Crippen LogP) is 3.42. The van der Waals surface area contributed by atoms with Crippen molar-refractivity contribution < 1.29 is 9.31 Å². The molecule has 18 heavy (non-hydrogen) atoms. The highest BCUT2D eigenvalue weighted by Gasteiger charge is 2.06. The normalized spacial score (nSPS) is 10.3. The second kappa shape index (κ2) is 5.59. The number of benzene rings is 1. The maximum absolute atomic E-state index is 13.3.